The first-order chi connectivity index (χ1) is 17.0. The van der Waals surface area contributed by atoms with E-state index in [1.54, 1.807) is 26.0 Å². The van der Waals surface area contributed by atoms with E-state index < -0.39 is 12.0 Å². The van der Waals surface area contributed by atoms with E-state index in [0.29, 0.717) is 43.6 Å². The van der Waals surface area contributed by atoms with Crippen molar-refractivity contribution in [3.63, 3.8) is 0 Å². The number of allylic oxidation sites excluding steroid dienone is 1. The van der Waals surface area contributed by atoms with E-state index in [1.807, 2.05) is 30.3 Å². The molecule has 1 atom stereocenters. The second kappa shape index (κ2) is 8.31. The van der Waals surface area contributed by atoms with Crippen LogP contribution < -0.4 is 33.8 Å². The minimum atomic E-state index is -0.653. The van der Waals surface area contributed by atoms with Crippen LogP contribution in [0.25, 0.3) is 11.8 Å². The maximum atomic E-state index is 13.4. The van der Waals surface area contributed by atoms with Gasteiger partial charge in [0.1, 0.15) is 6.04 Å². The predicted octanol–water partition coefficient (Wildman–Crippen LogP) is 2.36. The van der Waals surface area contributed by atoms with Crippen molar-refractivity contribution < 1.29 is 28.5 Å². The molecule has 0 spiro atoms. The van der Waals surface area contributed by atoms with E-state index in [-0.39, 0.29) is 25.8 Å². The van der Waals surface area contributed by atoms with Gasteiger partial charge < -0.3 is 23.7 Å². The number of rotatable bonds is 4. The SMILES string of the molecule is CCOC(=O)C1=C(C)n2c(s/c(=C\c3ccc4c(c3)OCO4)c2=O)=N[C@@H]1c1ccc2c(c1)OCO2. The Kier molecular flexibility index (Phi) is 5.10. The second-order valence-corrected chi connectivity index (χ2v) is 9.02. The maximum absolute atomic E-state index is 13.4. The first kappa shape index (κ1) is 21.5. The van der Waals surface area contributed by atoms with Crippen molar-refractivity contribution in [2.24, 2.45) is 4.99 Å². The zero-order valence-corrected chi connectivity index (χ0v) is 19.7. The first-order valence-electron chi connectivity index (χ1n) is 11.0. The van der Waals surface area contributed by atoms with Crippen LogP contribution in [0, 0.1) is 0 Å². The molecule has 0 fully saturated rings. The molecule has 0 radical (unpaired) electrons. The Morgan fingerprint density at radius 3 is 2.51 bits per heavy atom. The van der Waals surface area contributed by atoms with E-state index >= 15 is 0 Å². The summed E-state index contributed by atoms with van der Waals surface area (Å²) in [6.45, 7) is 4.00. The van der Waals surface area contributed by atoms with Gasteiger partial charge >= 0.3 is 5.97 Å². The number of ether oxygens (including phenoxy) is 5. The lowest BCUT2D eigenvalue weighted by Gasteiger charge is -2.22. The van der Waals surface area contributed by atoms with Crippen molar-refractivity contribution in [1.82, 2.24) is 4.57 Å². The van der Waals surface area contributed by atoms with Crippen molar-refractivity contribution in [3.8, 4) is 23.0 Å². The number of nitrogens with zero attached hydrogens (tertiary/aromatic N) is 2. The fourth-order valence-electron chi connectivity index (χ4n) is 4.30. The Hall–Kier alpha value is -4.05. The van der Waals surface area contributed by atoms with E-state index in [2.05, 4.69) is 0 Å². The molecule has 0 N–H and O–H groups in total. The van der Waals surface area contributed by atoms with Gasteiger partial charge in [-0.2, -0.15) is 0 Å². The van der Waals surface area contributed by atoms with Gasteiger partial charge in [-0.05, 0) is 55.3 Å². The monoisotopic (exact) mass is 492 g/mol. The highest BCUT2D eigenvalue weighted by Gasteiger charge is 2.32. The number of hydrogen-bond acceptors (Lipinski definition) is 9. The average molecular weight is 493 g/mol. The van der Waals surface area contributed by atoms with Crippen molar-refractivity contribution in [3.05, 3.63) is 72.8 Å². The summed E-state index contributed by atoms with van der Waals surface area (Å²) in [6.07, 6.45) is 1.78. The molecule has 3 aromatic rings. The summed E-state index contributed by atoms with van der Waals surface area (Å²) in [5.41, 5.74) is 2.08. The van der Waals surface area contributed by atoms with Crippen molar-refractivity contribution >= 4 is 29.1 Å². The summed E-state index contributed by atoms with van der Waals surface area (Å²) in [5.74, 6) is 2.01. The third-order valence-corrected chi connectivity index (χ3v) is 6.93. The predicted molar refractivity (Wildman–Crippen MR) is 126 cm³/mol. The molecule has 3 aliphatic heterocycles. The third kappa shape index (κ3) is 3.57. The van der Waals surface area contributed by atoms with E-state index in [1.165, 1.54) is 15.9 Å². The largest absolute Gasteiger partial charge is 0.463 e. The minimum Gasteiger partial charge on any atom is -0.463 e. The molecule has 0 saturated heterocycles. The molecule has 10 heteroatoms. The van der Waals surface area contributed by atoms with Gasteiger partial charge in [-0.1, -0.05) is 23.5 Å². The Morgan fingerprint density at radius 1 is 1.09 bits per heavy atom. The van der Waals surface area contributed by atoms with Crippen LogP contribution in [-0.4, -0.2) is 30.7 Å². The molecule has 0 unspecified atom stereocenters. The Balaban J connectivity index is 1.51. The van der Waals surface area contributed by atoms with Crippen molar-refractivity contribution in [2.75, 3.05) is 20.2 Å². The number of benzene rings is 2. The van der Waals surface area contributed by atoms with Crippen LogP contribution in [0.1, 0.15) is 31.0 Å². The molecular formula is C25H20N2O7S. The Bertz CT molecular complexity index is 1580. The van der Waals surface area contributed by atoms with Gasteiger partial charge in [-0.3, -0.25) is 9.36 Å². The highest BCUT2D eigenvalue weighted by atomic mass is 32.1. The van der Waals surface area contributed by atoms with Crippen LogP contribution in [0.3, 0.4) is 0 Å². The fourth-order valence-corrected chi connectivity index (χ4v) is 5.34. The molecule has 35 heavy (non-hydrogen) atoms. The van der Waals surface area contributed by atoms with Gasteiger partial charge in [0.15, 0.2) is 27.8 Å². The number of hydrogen-bond donors (Lipinski definition) is 0. The number of esters is 1. The average Bonchev–Trinajstić information content (AvgIpc) is 3.57. The van der Waals surface area contributed by atoms with Crippen molar-refractivity contribution in [1.29, 1.82) is 0 Å². The summed E-state index contributed by atoms with van der Waals surface area (Å²) in [7, 11) is 0. The van der Waals surface area contributed by atoms with Gasteiger partial charge in [0.05, 0.1) is 16.7 Å². The molecule has 0 aliphatic carbocycles. The number of thiazole rings is 1. The Morgan fingerprint density at radius 2 is 1.77 bits per heavy atom. The minimum absolute atomic E-state index is 0.143. The first-order valence-corrected chi connectivity index (χ1v) is 11.8. The van der Waals surface area contributed by atoms with Gasteiger partial charge in [0.2, 0.25) is 13.6 Å². The lowest BCUT2D eigenvalue weighted by atomic mass is 9.96. The van der Waals surface area contributed by atoms with Crippen LogP contribution in [0.15, 0.2) is 51.8 Å². The Labute approximate surface area is 203 Å². The molecule has 178 valence electrons. The van der Waals surface area contributed by atoms with Crippen LogP contribution in [0.5, 0.6) is 23.0 Å². The number of aromatic nitrogens is 1. The van der Waals surface area contributed by atoms with Crippen molar-refractivity contribution in [2.45, 2.75) is 19.9 Å². The van der Waals surface area contributed by atoms with E-state index in [0.717, 1.165) is 11.1 Å². The molecule has 0 bridgehead atoms. The molecule has 1 aromatic heterocycles. The molecule has 2 aromatic carbocycles. The quantitative estimate of drug-likeness (QED) is 0.516. The summed E-state index contributed by atoms with van der Waals surface area (Å²) in [4.78, 5) is 31.7. The van der Waals surface area contributed by atoms with E-state index in [4.69, 9.17) is 28.7 Å². The van der Waals surface area contributed by atoms with Crippen LogP contribution >= 0.6 is 11.3 Å². The molecular weight excluding hydrogens is 472 g/mol. The van der Waals surface area contributed by atoms with Crippen LogP contribution in [-0.2, 0) is 9.53 Å². The normalized spacial score (nSPS) is 17.9. The van der Waals surface area contributed by atoms with Gasteiger partial charge in [0.25, 0.3) is 5.56 Å². The summed E-state index contributed by atoms with van der Waals surface area (Å²) < 4.78 is 29.0. The smallest absolute Gasteiger partial charge is 0.338 e. The lowest BCUT2D eigenvalue weighted by molar-refractivity contribution is -0.138. The topological polar surface area (TPSA) is 97.6 Å². The second-order valence-electron chi connectivity index (χ2n) is 8.01. The molecule has 9 nitrogen and oxygen atoms in total. The van der Waals surface area contributed by atoms with Gasteiger partial charge in [-0.15, -0.1) is 0 Å². The van der Waals surface area contributed by atoms with Gasteiger partial charge in [0, 0.05) is 5.70 Å². The van der Waals surface area contributed by atoms with Crippen LogP contribution in [0.4, 0.5) is 0 Å². The standard InChI is InChI=1S/C25H20N2O7S/c1-3-30-24(29)21-13(2)27-23(28)20(9-14-4-6-16-18(8-14)33-11-31-16)35-25(27)26-22(21)15-5-7-17-19(10-15)34-12-32-17/h4-10,22H,3,11-12H2,1-2H3/b20-9-/t22-/m1/s1. The van der Waals surface area contributed by atoms with Crippen LogP contribution in [0.2, 0.25) is 0 Å². The zero-order chi connectivity index (χ0) is 24.1. The van der Waals surface area contributed by atoms with E-state index in [9.17, 15) is 9.59 Å². The number of fused-ring (bicyclic) bond motifs is 3. The third-order valence-electron chi connectivity index (χ3n) is 5.95. The fraction of sp³-hybridized carbons (Fsp3) is 0.240. The molecule has 0 saturated carbocycles. The molecule has 0 amide bonds. The molecule has 6 rings (SSSR count). The summed E-state index contributed by atoms with van der Waals surface area (Å²) >= 11 is 1.26. The zero-order valence-electron chi connectivity index (χ0n) is 18.9. The lowest BCUT2D eigenvalue weighted by Crippen LogP contribution is -2.35. The summed E-state index contributed by atoms with van der Waals surface area (Å²) in [5, 5.41) is 0. The highest BCUT2D eigenvalue weighted by Crippen LogP contribution is 2.39. The number of carbonyl (C=O) groups excluding carboxylic acids is 1. The molecule has 4 heterocycles. The summed E-state index contributed by atoms with van der Waals surface area (Å²) in [6, 6.07) is 10.3. The maximum Gasteiger partial charge on any atom is 0.338 e. The molecule has 3 aliphatic rings. The number of carbonyl (C=O) groups is 1. The highest BCUT2D eigenvalue weighted by molar-refractivity contribution is 7.07. The van der Waals surface area contributed by atoms with Gasteiger partial charge in [-0.25, -0.2) is 9.79 Å².